The minimum absolute atomic E-state index is 0.0121. The Balaban J connectivity index is 1.89. The molecule has 0 amide bonds. The quantitative estimate of drug-likeness (QED) is 0.864. The topological polar surface area (TPSA) is 88.4 Å². The number of aromatic nitrogens is 1. The first kappa shape index (κ1) is 13.6. The molecule has 0 aliphatic heterocycles. The molecule has 1 atom stereocenters. The summed E-state index contributed by atoms with van der Waals surface area (Å²) in [6.45, 7) is 4.00. The van der Waals surface area contributed by atoms with Crippen molar-refractivity contribution in [1.82, 2.24) is 9.29 Å². The van der Waals surface area contributed by atoms with E-state index in [2.05, 4.69) is 4.72 Å². The number of aromatic carboxylic acids is 1. The number of carbonyl (C=O) groups is 1. The summed E-state index contributed by atoms with van der Waals surface area (Å²) in [5.41, 5.74) is 0.0322. The molecule has 0 saturated heterocycles. The Bertz CT molecular complexity index is 671. The SMILES string of the molecule is CC1(C)CC1NS(=O)(=O)c1cc(C(=O)O)n(C2CC2)c1. The minimum atomic E-state index is -3.64. The van der Waals surface area contributed by atoms with E-state index in [0.717, 1.165) is 19.3 Å². The van der Waals surface area contributed by atoms with Gasteiger partial charge in [-0.3, -0.25) is 0 Å². The average Bonchev–Trinajstić information content (AvgIpc) is 3.19. The van der Waals surface area contributed by atoms with Crippen LogP contribution in [0.15, 0.2) is 17.2 Å². The van der Waals surface area contributed by atoms with Crippen LogP contribution >= 0.6 is 0 Å². The number of sulfonamides is 1. The molecule has 1 aromatic heterocycles. The minimum Gasteiger partial charge on any atom is -0.477 e. The fraction of sp³-hybridized carbons (Fsp3) is 0.615. The van der Waals surface area contributed by atoms with Crippen molar-refractivity contribution in [2.24, 2.45) is 5.41 Å². The molecule has 0 bridgehead atoms. The number of rotatable bonds is 5. The van der Waals surface area contributed by atoms with Gasteiger partial charge in [-0.05, 0) is 30.7 Å². The maximum absolute atomic E-state index is 12.3. The lowest BCUT2D eigenvalue weighted by atomic mass is 10.2. The molecule has 0 aromatic carbocycles. The molecular formula is C13H18N2O4S. The fourth-order valence-corrected chi connectivity index (χ4v) is 3.78. The Labute approximate surface area is 117 Å². The molecule has 1 unspecified atom stereocenters. The maximum Gasteiger partial charge on any atom is 0.352 e. The van der Waals surface area contributed by atoms with Gasteiger partial charge in [-0.1, -0.05) is 13.8 Å². The van der Waals surface area contributed by atoms with Crippen molar-refractivity contribution in [2.45, 2.75) is 50.1 Å². The Morgan fingerprint density at radius 2 is 2.05 bits per heavy atom. The summed E-state index contributed by atoms with van der Waals surface area (Å²) in [7, 11) is -3.64. The molecule has 6 nitrogen and oxygen atoms in total. The standard InChI is InChI=1S/C13H18N2O4S/c1-13(2)6-11(13)14-20(18,19)9-5-10(12(16)17)15(7-9)8-3-4-8/h5,7-8,11,14H,3-4,6H2,1-2H3,(H,16,17). The smallest absolute Gasteiger partial charge is 0.352 e. The van der Waals surface area contributed by atoms with Crippen molar-refractivity contribution in [1.29, 1.82) is 0 Å². The van der Waals surface area contributed by atoms with Gasteiger partial charge in [0.15, 0.2) is 0 Å². The molecule has 2 fully saturated rings. The summed E-state index contributed by atoms with van der Waals surface area (Å²) in [6.07, 6.45) is 4.05. The third-order valence-corrected chi connectivity index (χ3v) is 5.54. The summed E-state index contributed by atoms with van der Waals surface area (Å²) < 4.78 is 28.8. The zero-order valence-corrected chi connectivity index (χ0v) is 12.3. The van der Waals surface area contributed by atoms with E-state index in [1.807, 2.05) is 13.8 Å². The zero-order valence-electron chi connectivity index (χ0n) is 11.5. The lowest BCUT2D eigenvalue weighted by molar-refractivity contribution is 0.0685. The van der Waals surface area contributed by atoms with Gasteiger partial charge in [0.05, 0.1) is 0 Å². The predicted molar refractivity (Wildman–Crippen MR) is 72.2 cm³/mol. The molecule has 2 aliphatic rings. The van der Waals surface area contributed by atoms with E-state index in [9.17, 15) is 13.2 Å². The highest BCUT2D eigenvalue weighted by Gasteiger charge is 2.48. The highest BCUT2D eigenvalue weighted by atomic mass is 32.2. The molecule has 2 N–H and O–H groups in total. The Morgan fingerprint density at radius 3 is 2.50 bits per heavy atom. The highest BCUT2D eigenvalue weighted by molar-refractivity contribution is 7.89. The summed E-state index contributed by atoms with van der Waals surface area (Å²) in [4.78, 5) is 11.2. The van der Waals surface area contributed by atoms with Crippen LogP contribution in [0.5, 0.6) is 0 Å². The van der Waals surface area contributed by atoms with Crippen LogP contribution in [0, 0.1) is 5.41 Å². The molecule has 3 rings (SSSR count). The van der Waals surface area contributed by atoms with Gasteiger partial charge in [0.25, 0.3) is 0 Å². The largest absolute Gasteiger partial charge is 0.477 e. The molecular weight excluding hydrogens is 280 g/mol. The molecule has 2 saturated carbocycles. The monoisotopic (exact) mass is 298 g/mol. The van der Waals surface area contributed by atoms with Crippen LogP contribution in [0.3, 0.4) is 0 Å². The summed E-state index contributed by atoms with van der Waals surface area (Å²) in [6, 6.07) is 1.31. The van der Waals surface area contributed by atoms with Crippen LogP contribution in [0.25, 0.3) is 0 Å². The van der Waals surface area contributed by atoms with E-state index < -0.39 is 16.0 Å². The molecule has 20 heavy (non-hydrogen) atoms. The number of carboxylic acid groups (broad SMARTS) is 1. The number of hydrogen-bond acceptors (Lipinski definition) is 3. The lowest BCUT2D eigenvalue weighted by Gasteiger charge is -2.06. The Morgan fingerprint density at radius 1 is 1.45 bits per heavy atom. The third kappa shape index (κ3) is 2.35. The van der Waals surface area contributed by atoms with E-state index >= 15 is 0 Å². The summed E-state index contributed by atoms with van der Waals surface area (Å²) in [5, 5.41) is 9.16. The van der Waals surface area contributed by atoms with Gasteiger partial charge in [0.2, 0.25) is 10.0 Å². The van der Waals surface area contributed by atoms with E-state index in [1.165, 1.54) is 12.3 Å². The Kier molecular flexibility index (Phi) is 2.78. The lowest BCUT2D eigenvalue weighted by Crippen LogP contribution is -2.28. The van der Waals surface area contributed by atoms with E-state index in [1.54, 1.807) is 4.57 Å². The number of hydrogen-bond donors (Lipinski definition) is 2. The number of nitrogens with one attached hydrogen (secondary N) is 1. The molecule has 110 valence electrons. The molecule has 1 aromatic rings. The molecule has 7 heteroatoms. The van der Waals surface area contributed by atoms with Crippen LogP contribution in [-0.4, -0.2) is 30.1 Å². The second-order valence-electron chi connectivity index (χ2n) is 6.37. The summed E-state index contributed by atoms with van der Waals surface area (Å²) in [5.74, 6) is -1.09. The van der Waals surface area contributed by atoms with Crippen molar-refractivity contribution in [3.05, 3.63) is 18.0 Å². The van der Waals surface area contributed by atoms with E-state index in [-0.39, 0.29) is 28.1 Å². The second-order valence-corrected chi connectivity index (χ2v) is 8.09. The van der Waals surface area contributed by atoms with E-state index in [4.69, 9.17) is 5.11 Å². The second kappa shape index (κ2) is 4.08. The summed E-state index contributed by atoms with van der Waals surface area (Å²) >= 11 is 0. The van der Waals surface area contributed by atoms with Crippen molar-refractivity contribution < 1.29 is 18.3 Å². The van der Waals surface area contributed by atoms with Gasteiger partial charge in [-0.2, -0.15) is 0 Å². The first-order valence-corrected chi connectivity index (χ1v) is 8.16. The van der Waals surface area contributed by atoms with Crippen LogP contribution in [0.4, 0.5) is 0 Å². The van der Waals surface area contributed by atoms with Crippen LogP contribution < -0.4 is 4.72 Å². The van der Waals surface area contributed by atoms with Crippen LogP contribution in [0.1, 0.15) is 49.6 Å². The molecule has 0 spiro atoms. The van der Waals surface area contributed by atoms with Gasteiger partial charge in [-0.15, -0.1) is 0 Å². The molecule has 1 heterocycles. The normalized spacial score (nSPS) is 24.6. The highest BCUT2D eigenvalue weighted by Crippen LogP contribution is 2.45. The van der Waals surface area contributed by atoms with Crippen LogP contribution in [0.2, 0.25) is 0 Å². The van der Waals surface area contributed by atoms with E-state index in [0.29, 0.717) is 0 Å². The van der Waals surface area contributed by atoms with Crippen molar-refractivity contribution in [3.8, 4) is 0 Å². The molecule has 0 radical (unpaired) electrons. The van der Waals surface area contributed by atoms with Gasteiger partial charge in [-0.25, -0.2) is 17.9 Å². The van der Waals surface area contributed by atoms with Crippen LogP contribution in [-0.2, 0) is 10.0 Å². The van der Waals surface area contributed by atoms with Crippen molar-refractivity contribution in [3.63, 3.8) is 0 Å². The predicted octanol–water partition coefficient (Wildman–Crippen LogP) is 1.60. The Hall–Kier alpha value is -1.34. The zero-order chi connectivity index (χ0) is 14.7. The van der Waals surface area contributed by atoms with Gasteiger partial charge in [0, 0.05) is 18.3 Å². The third-order valence-electron chi connectivity index (χ3n) is 4.10. The average molecular weight is 298 g/mol. The van der Waals surface area contributed by atoms with Gasteiger partial charge >= 0.3 is 5.97 Å². The maximum atomic E-state index is 12.3. The van der Waals surface area contributed by atoms with Crippen molar-refractivity contribution >= 4 is 16.0 Å². The first-order chi connectivity index (χ1) is 9.21. The molecule has 2 aliphatic carbocycles. The first-order valence-electron chi connectivity index (χ1n) is 6.68. The van der Waals surface area contributed by atoms with Gasteiger partial charge < -0.3 is 9.67 Å². The van der Waals surface area contributed by atoms with Gasteiger partial charge in [0.1, 0.15) is 10.6 Å². The fourth-order valence-electron chi connectivity index (χ4n) is 2.35. The van der Waals surface area contributed by atoms with Crippen molar-refractivity contribution in [2.75, 3.05) is 0 Å². The number of carboxylic acids is 1. The number of nitrogens with zero attached hydrogens (tertiary/aromatic N) is 1.